The van der Waals surface area contributed by atoms with Gasteiger partial charge in [-0.1, -0.05) is 11.8 Å². The van der Waals surface area contributed by atoms with Gasteiger partial charge in [0.05, 0.1) is 10.3 Å². The van der Waals surface area contributed by atoms with Crippen molar-refractivity contribution >= 4 is 45.0 Å². The minimum atomic E-state index is 0.0331. The van der Waals surface area contributed by atoms with Crippen molar-refractivity contribution in [2.24, 2.45) is 0 Å². The van der Waals surface area contributed by atoms with Gasteiger partial charge in [-0.05, 0) is 44.4 Å². The third-order valence-corrected chi connectivity index (χ3v) is 5.90. The van der Waals surface area contributed by atoms with Crippen LogP contribution in [0.3, 0.4) is 0 Å². The fraction of sp³-hybridized carbons (Fsp3) is 0.562. The molecule has 2 aromatic rings. The van der Waals surface area contributed by atoms with E-state index in [0.29, 0.717) is 6.04 Å². The summed E-state index contributed by atoms with van der Waals surface area (Å²) in [6, 6.07) is 2.35. The molecular weight excluding hydrogens is 328 g/mol. The maximum atomic E-state index is 12.3. The number of amides is 1. The van der Waals surface area contributed by atoms with E-state index in [4.69, 9.17) is 4.98 Å². The summed E-state index contributed by atoms with van der Waals surface area (Å²) in [5.41, 5.74) is 0. The van der Waals surface area contributed by atoms with Gasteiger partial charge >= 0.3 is 0 Å². The molecule has 0 atom stereocenters. The van der Waals surface area contributed by atoms with Crippen LogP contribution in [-0.2, 0) is 0 Å². The Morgan fingerprint density at radius 1 is 1.30 bits per heavy atom. The first-order chi connectivity index (χ1) is 11.2. The number of aromatic nitrogens is 2. The van der Waals surface area contributed by atoms with E-state index in [0.717, 1.165) is 52.0 Å². The summed E-state index contributed by atoms with van der Waals surface area (Å²) in [5, 5.41) is 4.87. The van der Waals surface area contributed by atoms with Crippen LogP contribution in [0.1, 0.15) is 41.8 Å². The van der Waals surface area contributed by atoms with Gasteiger partial charge in [0.2, 0.25) is 0 Å². The number of hydrogen-bond acceptors (Lipinski definition) is 6. The van der Waals surface area contributed by atoms with Crippen LogP contribution in [-0.4, -0.2) is 41.3 Å². The number of piperidine rings is 1. The maximum Gasteiger partial charge on any atom is 0.261 e. The summed E-state index contributed by atoms with van der Waals surface area (Å²) >= 11 is 3.04. The largest absolute Gasteiger partial charge is 0.356 e. The molecule has 122 valence electrons. The predicted octanol–water partition coefficient (Wildman–Crippen LogP) is 3.30. The molecule has 23 heavy (non-hydrogen) atoms. The van der Waals surface area contributed by atoms with Crippen LogP contribution in [0.5, 0.6) is 0 Å². The molecule has 1 aliphatic heterocycles. The van der Waals surface area contributed by atoms with Gasteiger partial charge < -0.3 is 10.2 Å². The predicted molar refractivity (Wildman–Crippen MR) is 95.7 cm³/mol. The number of thiophene rings is 1. The summed E-state index contributed by atoms with van der Waals surface area (Å²) in [4.78, 5) is 25.7. The minimum absolute atomic E-state index is 0.0331. The van der Waals surface area contributed by atoms with E-state index in [1.165, 1.54) is 30.6 Å². The highest BCUT2D eigenvalue weighted by atomic mass is 32.2. The van der Waals surface area contributed by atoms with Crippen molar-refractivity contribution in [3.8, 4) is 0 Å². The SMILES string of the molecule is CSc1nc(N2CCCCC2)c2cc(C(=O)NC3CC3)sc2n1. The highest BCUT2D eigenvalue weighted by Gasteiger charge is 2.26. The molecule has 7 heteroatoms. The monoisotopic (exact) mass is 348 g/mol. The Bertz CT molecular complexity index is 735. The fourth-order valence-corrected chi connectivity index (χ4v) is 4.27. The van der Waals surface area contributed by atoms with Gasteiger partial charge in [0.25, 0.3) is 5.91 Å². The van der Waals surface area contributed by atoms with Crippen molar-refractivity contribution in [3.63, 3.8) is 0 Å². The van der Waals surface area contributed by atoms with E-state index in [-0.39, 0.29) is 5.91 Å². The Balaban J connectivity index is 1.73. The molecule has 0 aromatic carbocycles. The van der Waals surface area contributed by atoms with Crippen LogP contribution in [0.2, 0.25) is 0 Å². The number of nitrogens with zero attached hydrogens (tertiary/aromatic N) is 3. The second-order valence-electron chi connectivity index (χ2n) is 6.16. The molecule has 1 aliphatic carbocycles. The Morgan fingerprint density at radius 3 is 2.78 bits per heavy atom. The lowest BCUT2D eigenvalue weighted by Crippen LogP contribution is -2.30. The number of rotatable bonds is 4. The van der Waals surface area contributed by atoms with Crippen LogP contribution in [0.25, 0.3) is 10.2 Å². The van der Waals surface area contributed by atoms with Crippen LogP contribution >= 0.6 is 23.1 Å². The summed E-state index contributed by atoms with van der Waals surface area (Å²) in [6.45, 7) is 2.08. The summed E-state index contributed by atoms with van der Waals surface area (Å²) < 4.78 is 0. The lowest BCUT2D eigenvalue weighted by atomic mass is 10.1. The molecule has 1 N–H and O–H groups in total. The summed E-state index contributed by atoms with van der Waals surface area (Å²) in [6.07, 6.45) is 7.91. The van der Waals surface area contributed by atoms with Gasteiger partial charge in [0.15, 0.2) is 5.16 Å². The standard InChI is InChI=1S/C16H20N4OS2/c1-22-16-18-13(20-7-3-2-4-8-20)11-9-12(23-15(11)19-16)14(21)17-10-5-6-10/h9-10H,2-8H2,1H3,(H,17,21). The molecule has 4 rings (SSSR count). The molecule has 1 amide bonds. The van der Waals surface area contributed by atoms with Crippen molar-refractivity contribution < 1.29 is 4.79 Å². The highest BCUT2D eigenvalue weighted by molar-refractivity contribution is 7.98. The lowest BCUT2D eigenvalue weighted by Gasteiger charge is -2.28. The van der Waals surface area contributed by atoms with Crippen molar-refractivity contribution in [2.45, 2.75) is 43.3 Å². The first-order valence-corrected chi connectivity index (χ1v) is 10.2. The zero-order chi connectivity index (χ0) is 15.8. The summed E-state index contributed by atoms with van der Waals surface area (Å²) in [7, 11) is 0. The Labute approximate surface area is 143 Å². The van der Waals surface area contributed by atoms with Crippen LogP contribution in [0, 0.1) is 0 Å². The molecule has 2 aromatic heterocycles. The van der Waals surface area contributed by atoms with Gasteiger partial charge in [-0.2, -0.15) is 0 Å². The van der Waals surface area contributed by atoms with Crippen LogP contribution < -0.4 is 10.2 Å². The minimum Gasteiger partial charge on any atom is -0.356 e. The number of fused-ring (bicyclic) bond motifs is 1. The van der Waals surface area contributed by atoms with Crippen molar-refractivity contribution in [1.29, 1.82) is 0 Å². The van der Waals surface area contributed by atoms with Crippen molar-refractivity contribution in [3.05, 3.63) is 10.9 Å². The van der Waals surface area contributed by atoms with E-state index >= 15 is 0 Å². The zero-order valence-electron chi connectivity index (χ0n) is 13.2. The lowest BCUT2D eigenvalue weighted by molar-refractivity contribution is 0.0955. The van der Waals surface area contributed by atoms with E-state index < -0.39 is 0 Å². The number of hydrogen-bond donors (Lipinski definition) is 1. The number of nitrogens with one attached hydrogen (secondary N) is 1. The molecule has 2 aliphatic rings. The molecule has 1 saturated heterocycles. The Kier molecular flexibility index (Phi) is 4.15. The summed E-state index contributed by atoms with van der Waals surface area (Å²) in [5.74, 6) is 1.03. The zero-order valence-corrected chi connectivity index (χ0v) is 14.8. The Morgan fingerprint density at radius 2 is 2.09 bits per heavy atom. The Hall–Kier alpha value is -1.34. The van der Waals surface area contributed by atoms with Gasteiger partial charge in [0.1, 0.15) is 10.6 Å². The molecule has 3 heterocycles. The van der Waals surface area contributed by atoms with E-state index in [1.807, 2.05) is 12.3 Å². The van der Waals surface area contributed by atoms with Crippen molar-refractivity contribution in [2.75, 3.05) is 24.2 Å². The first kappa shape index (κ1) is 15.2. The first-order valence-electron chi connectivity index (χ1n) is 8.16. The van der Waals surface area contributed by atoms with E-state index in [2.05, 4.69) is 15.2 Å². The van der Waals surface area contributed by atoms with Crippen LogP contribution in [0.15, 0.2) is 11.2 Å². The van der Waals surface area contributed by atoms with Gasteiger partial charge in [-0.3, -0.25) is 4.79 Å². The third kappa shape index (κ3) is 3.17. The third-order valence-electron chi connectivity index (χ3n) is 4.33. The maximum absolute atomic E-state index is 12.3. The smallest absolute Gasteiger partial charge is 0.261 e. The second kappa shape index (κ2) is 6.28. The van der Waals surface area contributed by atoms with Gasteiger partial charge in [-0.25, -0.2) is 9.97 Å². The molecule has 1 saturated carbocycles. The highest BCUT2D eigenvalue weighted by Crippen LogP contribution is 2.34. The molecule has 0 spiro atoms. The molecule has 0 bridgehead atoms. The quantitative estimate of drug-likeness (QED) is 0.679. The molecule has 0 radical (unpaired) electrons. The van der Waals surface area contributed by atoms with Gasteiger partial charge in [-0.15, -0.1) is 11.3 Å². The number of carbonyl (C=O) groups excluding carboxylic acids is 1. The van der Waals surface area contributed by atoms with Gasteiger partial charge in [0, 0.05) is 19.1 Å². The number of thioether (sulfide) groups is 1. The van der Waals surface area contributed by atoms with E-state index in [1.54, 1.807) is 11.8 Å². The fourth-order valence-electron chi connectivity index (χ4n) is 2.92. The van der Waals surface area contributed by atoms with E-state index in [9.17, 15) is 4.79 Å². The number of carbonyl (C=O) groups is 1. The molecule has 2 fully saturated rings. The topological polar surface area (TPSA) is 58.1 Å². The average molecular weight is 348 g/mol. The molecule has 0 unspecified atom stereocenters. The second-order valence-corrected chi connectivity index (χ2v) is 7.96. The average Bonchev–Trinajstić information content (AvgIpc) is 3.29. The van der Waals surface area contributed by atoms with Crippen molar-refractivity contribution in [1.82, 2.24) is 15.3 Å². The molecule has 5 nitrogen and oxygen atoms in total. The number of anilines is 1. The molecular formula is C16H20N4OS2. The van der Waals surface area contributed by atoms with Crippen LogP contribution in [0.4, 0.5) is 5.82 Å². The normalized spacial score (nSPS) is 18.4.